The van der Waals surface area contributed by atoms with Crippen molar-refractivity contribution in [2.75, 3.05) is 5.32 Å². The van der Waals surface area contributed by atoms with Gasteiger partial charge in [0, 0.05) is 16.6 Å². The van der Waals surface area contributed by atoms with Crippen LogP contribution in [0.4, 0.5) is 11.5 Å². The van der Waals surface area contributed by atoms with Gasteiger partial charge < -0.3 is 10.3 Å². The summed E-state index contributed by atoms with van der Waals surface area (Å²) in [5.74, 6) is 1.50. The minimum atomic E-state index is 0.633. The first kappa shape index (κ1) is 17.6. The molecule has 0 aliphatic carbocycles. The molecule has 0 atom stereocenters. The van der Waals surface area contributed by atoms with Crippen LogP contribution in [0.15, 0.2) is 60.9 Å². The SMILES string of the molecule is Cc1cc(C)c2ncnc(Nc3ccc(Cl)c(-c4nc5ccccc5[nH]4)c3)c2c1. The van der Waals surface area contributed by atoms with Gasteiger partial charge in [-0.25, -0.2) is 15.0 Å². The quantitative estimate of drug-likeness (QED) is 0.379. The van der Waals surface area contributed by atoms with Crippen LogP contribution in [-0.4, -0.2) is 19.9 Å². The molecule has 5 nitrogen and oxygen atoms in total. The Bertz CT molecular complexity index is 1340. The minimum absolute atomic E-state index is 0.633. The molecule has 0 aliphatic heterocycles. The summed E-state index contributed by atoms with van der Waals surface area (Å²) < 4.78 is 0. The molecule has 29 heavy (non-hydrogen) atoms. The highest BCUT2D eigenvalue weighted by atomic mass is 35.5. The third kappa shape index (κ3) is 3.19. The van der Waals surface area contributed by atoms with E-state index in [4.69, 9.17) is 11.6 Å². The van der Waals surface area contributed by atoms with E-state index in [2.05, 4.69) is 51.2 Å². The second-order valence-electron chi connectivity index (χ2n) is 7.12. The number of anilines is 2. The summed E-state index contributed by atoms with van der Waals surface area (Å²) in [6.45, 7) is 4.14. The maximum atomic E-state index is 6.48. The molecular weight excluding hydrogens is 382 g/mol. The lowest BCUT2D eigenvalue weighted by atomic mass is 10.1. The first-order valence-electron chi connectivity index (χ1n) is 9.32. The Morgan fingerprint density at radius 2 is 1.83 bits per heavy atom. The number of rotatable bonds is 3. The fraction of sp³-hybridized carbons (Fsp3) is 0.0870. The van der Waals surface area contributed by atoms with Gasteiger partial charge in [-0.15, -0.1) is 0 Å². The van der Waals surface area contributed by atoms with Crippen LogP contribution in [0.2, 0.25) is 5.02 Å². The first-order valence-corrected chi connectivity index (χ1v) is 9.70. The average molecular weight is 400 g/mol. The van der Waals surface area contributed by atoms with E-state index in [-0.39, 0.29) is 0 Å². The zero-order valence-corrected chi connectivity index (χ0v) is 16.7. The van der Waals surface area contributed by atoms with Crippen LogP contribution in [0.5, 0.6) is 0 Å². The number of hydrogen-bond acceptors (Lipinski definition) is 4. The van der Waals surface area contributed by atoms with Gasteiger partial charge in [-0.3, -0.25) is 0 Å². The molecule has 2 N–H and O–H groups in total. The number of fused-ring (bicyclic) bond motifs is 2. The van der Waals surface area contributed by atoms with Crippen LogP contribution in [0.25, 0.3) is 33.3 Å². The molecule has 6 heteroatoms. The molecule has 5 rings (SSSR count). The molecule has 3 aromatic carbocycles. The van der Waals surface area contributed by atoms with E-state index >= 15 is 0 Å². The lowest BCUT2D eigenvalue weighted by Gasteiger charge is -2.12. The molecule has 0 unspecified atom stereocenters. The van der Waals surface area contributed by atoms with Crippen LogP contribution in [0, 0.1) is 13.8 Å². The van der Waals surface area contributed by atoms with Crippen molar-refractivity contribution in [2.45, 2.75) is 13.8 Å². The lowest BCUT2D eigenvalue weighted by Crippen LogP contribution is -1.98. The van der Waals surface area contributed by atoms with Gasteiger partial charge in [0.2, 0.25) is 0 Å². The molecule has 0 radical (unpaired) electrons. The zero-order chi connectivity index (χ0) is 20.0. The molecular formula is C23H18ClN5. The molecule has 0 aliphatic rings. The highest BCUT2D eigenvalue weighted by Gasteiger charge is 2.12. The van der Waals surface area contributed by atoms with Gasteiger partial charge in [0.1, 0.15) is 18.0 Å². The van der Waals surface area contributed by atoms with E-state index in [1.165, 1.54) is 5.56 Å². The van der Waals surface area contributed by atoms with Crippen molar-refractivity contribution in [2.24, 2.45) is 0 Å². The molecule has 0 saturated heterocycles. The largest absolute Gasteiger partial charge is 0.340 e. The number of nitrogens with one attached hydrogen (secondary N) is 2. The Labute approximate surface area is 172 Å². The molecule has 142 valence electrons. The summed E-state index contributed by atoms with van der Waals surface area (Å²) >= 11 is 6.48. The summed E-state index contributed by atoms with van der Waals surface area (Å²) in [6.07, 6.45) is 1.59. The monoisotopic (exact) mass is 399 g/mol. The Hall–Kier alpha value is -3.44. The highest BCUT2D eigenvalue weighted by Crippen LogP contribution is 2.32. The standard InChI is InChI=1S/C23H18ClN5/c1-13-9-14(2)21-17(10-13)22(26-12-25-21)27-15-7-8-18(24)16(11-15)23-28-19-5-3-4-6-20(19)29-23/h3-12H,1-2H3,(H,28,29)(H,25,26,27). The number of hydrogen-bond donors (Lipinski definition) is 2. The summed E-state index contributed by atoms with van der Waals surface area (Å²) in [4.78, 5) is 16.9. The van der Waals surface area contributed by atoms with Crippen LogP contribution in [-0.2, 0) is 0 Å². The number of benzene rings is 3. The van der Waals surface area contributed by atoms with Gasteiger partial charge in [-0.1, -0.05) is 29.8 Å². The molecule has 2 aromatic heterocycles. The van der Waals surface area contributed by atoms with Gasteiger partial charge in [-0.05, 0) is 61.4 Å². The fourth-order valence-corrected chi connectivity index (χ4v) is 3.83. The average Bonchev–Trinajstić information content (AvgIpc) is 3.14. The van der Waals surface area contributed by atoms with E-state index < -0.39 is 0 Å². The molecule has 0 saturated carbocycles. The minimum Gasteiger partial charge on any atom is -0.340 e. The van der Waals surface area contributed by atoms with Crippen LogP contribution >= 0.6 is 11.6 Å². The van der Waals surface area contributed by atoms with Gasteiger partial charge in [0.15, 0.2) is 0 Å². The second-order valence-corrected chi connectivity index (χ2v) is 7.53. The molecule has 5 aromatic rings. The third-order valence-electron chi connectivity index (χ3n) is 4.95. The van der Waals surface area contributed by atoms with Crippen molar-refractivity contribution in [1.82, 2.24) is 19.9 Å². The predicted octanol–water partition coefficient (Wildman–Crippen LogP) is 6.19. The smallest absolute Gasteiger partial charge is 0.141 e. The maximum Gasteiger partial charge on any atom is 0.141 e. The maximum absolute atomic E-state index is 6.48. The molecule has 2 heterocycles. The second kappa shape index (κ2) is 6.87. The third-order valence-corrected chi connectivity index (χ3v) is 5.28. The topological polar surface area (TPSA) is 66.5 Å². The molecule has 0 amide bonds. The number of imidazole rings is 1. The van der Waals surface area contributed by atoms with Gasteiger partial charge in [-0.2, -0.15) is 0 Å². The number of halogens is 1. The van der Waals surface area contributed by atoms with E-state index in [0.717, 1.165) is 50.4 Å². The number of nitrogens with zero attached hydrogens (tertiary/aromatic N) is 3. The summed E-state index contributed by atoms with van der Waals surface area (Å²) in [5, 5.41) is 5.05. The van der Waals surface area contributed by atoms with Gasteiger partial charge in [0.05, 0.1) is 21.6 Å². The summed E-state index contributed by atoms with van der Waals surface area (Å²) in [6, 6.07) is 17.9. The number of aryl methyl sites for hydroxylation is 2. The van der Waals surface area contributed by atoms with Crippen LogP contribution in [0.1, 0.15) is 11.1 Å². The van der Waals surface area contributed by atoms with E-state index in [9.17, 15) is 0 Å². The van der Waals surface area contributed by atoms with Crippen LogP contribution < -0.4 is 5.32 Å². The summed E-state index contributed by atoms with van der Waals surface area (Å²) in [5.41, 5.74) is 6.84. The zero-order valence-electron chi connectivity index (χ0n) is 16.0. The molecule has 0 bridgehead atoms. The first-order chi connectivity index (χ1) is 14.1. The van der Waals surface area contributed by atoms with E-state index in [1.807, 2.05) is 42.5 Å². The lowest BCUT2D eigenvalue weighted by molar-refractivity contribution is 1.20. The fourth-order valence-electron chi connectivity index (χ4n) is 3.63. The molecule has 0 spiro atoms. The number of aromatic nitrogens is 4. The predicted molar refractivity (Wildman–Crippen MR) is 119 cm³/mol. The number of H-pyrrole nitrogens is 1. The van der Waals surface area contributed by atoms with Gasteiger partial charge >= 0.3 is 0 Å². The van der Waals surface area contributed by atoms with Crippen molar-refractivity contribution < 1.29 is 0 Å². The Kier molecular flexibility index (Phi) is 4.18. The van der Waals surface area contributed by atoms with E-state index in [0.29, 0.717) is 5.02 Å². The number of para-hydroxylation sites is 2. The van der Waals surface area contributed by atoms with Crippen molar-refractivity contribution in [3.05, 3.63) is 77.1 Å². The van der Waals surface area contributed by atoms with Crippen molar-refractivity contribution >= 4 is 45.0 Å². The van der Waals surface area contributed by atoms with Crippen molar-refractivity contribution in [1.29, 1.82) is 0 Å². The normalized spacial score (nSPS) is 11.3. The van der Waals surface area contributed by atoms with Crippen molar-refractivity contribution in [3.8, 4) is 11.4 Å². The van der Waals surface area contributed by atoms with Crippen LogP contribution in [0.3, 0.4) is 0 Å². The summed E-state index contributed by atoms with van der Waals surface area (Å²) in [7, 11) is 0. The Balaban J connectivity index is 1.58. The Morgan fingerprint density at radius 3 is 2.69 bits per heavy atom. The Morgan fingerprint density at radius 1 is 0.966 bits per heavy atom. The highest BCUT2D eigenvalue weighted by molar-refractivity contribution is 6.33. The van der Waals surface area contributed by atoms with Crippen molar-refractivity contribution in [3.63, 3.8) is 0 Å². The number of aromatic amines is 1. The van der Waals surface area contributed by atoms with E-state index in [1.54, 1.807) is 6.33 Å². The molecule has 0 fully saturated rings. The van der Waals surface area contributed by atoms with Gasteiger partial charge in [0.25, 0.3) is 0 Å².